The molecule has 2 nitrogen and oxygen atoms in total. The summed E-state index contributed by atoms with van der Waals surface area (Å²) in [7, 11) is 4.16. The SMILES string of the molecule is CNCc1ccc(CN(C)Cc2csc(Br)c2)s1. The molecule has 2 heterocycles. The van der Waals surface area contributed by atoms with Crippen LogP contribution in [0.25, 0.3) is 0 Å². The first kappa shape index (κ1) is 14.2. The zero-order valence-electron chi connectivity index (χ0n) is 10.6. The molecule has 0 bridgehead atoms. The van der Waals surface area contributed by atoms with Gasteiger partial charge in [0, 0.05) is 29.4 Å². The van der Waals surface area contributed by atoms with Gasteiger partial charge >= 0.3 is 0 Å². The molecule has 2 rings (SSSR count). The van der Waals surface area contributed by atoms with Gasteiger partial charge in [-0.3, -0.25) is 4.90 Å². The Hall–Kier alpha value is -0.200. The van der Waals surface area contributed by atoms with Gasteiger partial charge in [-0.15, -0.1) is 22.7 Å². The van der Waals surface area contributed by atoms with Gasteiger partial charge in [0.1, 0.15) is 0 Å². The van der Waals surface area contributed by atoms with Crippen molar-refractivity contribution in [2.75, 3.05) is 14.1 Å². The van der Waals surface area contributed by atoms with Crippen molar-refractivity contribution < 1.29 is 0 Å². The van der Waals surface area contributed by atoms with E-state index in [0.29, 0.717) is 0 Å². The molecule has 0 atom stereocenters. The highest BCUT2D eigenvalue weighted by Crippen LogP contribution is 2.23. The summed E-state index contributed by atoms with van der Waals surface area (Å²) in [5, 5.41) is 5.40. The first-order valence-electron chi connectivity index (χ1n) is 5.81. The van der Waals surface area contributed by atoms with E-state index in [9.17, 15) is 0 Å². The fraction of sp³-hybridized carbons (Fsp3) is 0.385. The molecular formula is C13H17BrN2S2. The predicted octanol–water partition coefficient (Wildman–Crippen LogP) is 3.92. The maximum absolute atomic E-state index is 3.50. The standard InChI is InChI=1S/C13H17BrN2S2/c1-15-6-11-3-4-12(18-11)8-16(2)7-10-5-13(14)17-9-10/h3-5,9,15H,6-8H2,1-2H3. The van der Waals surface area contributed by atoms with Gasteiger partial charge in [0.05, 0.1) is 3.79 Å². The number of nitrogens with one attached hydrogen (secondary N) is 1. The second-order valence-electron chi connectivity index (χ2n) is 4.33. The van der Waals surface area contributed by atoms with Gasteiger partial charge in [-0.25, -0.2) is 0 Å². The maximum atomic E-state index is 3.50. The summed E-state index contributed by atoms with van der Waals surface area (Å²) in [6, 6.07) is 6.64. The maximum Gasteiger partial charge on any atom is 0.0701 e. The molecule has 0 aliphatic carbocycles. The van der Waals surface area contributed by atoms with E-state index in [1.807, 2.05) is 18.4 Å². The van der Waals surface area contributed by atoms with Gasteiger partial charge in [-0.05, 0) is 59.2 Å². The smallest absolute Gasteiger partial charge is 0.0701 e. The van der Waals surface area contributed by atoms with Crippen molar-refractivity contribution in [2.45, 2.75) is 19.6 Å². The topological polar surface area (TPSA) is 15.3 Å². The van der Waals surface area contributed by atoms with E-state index in [1.165, 1.54) is 19.1 Å². The molecule has 18 heavy (non-hydrogen) atoms. The van der Waals surface area contributed by atoms with Gasteiger partial charge < -0.3 is 5.32 Å². The normalized spacial score (nSPS) is 11.3. The third-order valence-corrected chi connectivity index (χ3v) is 5.19. The third-order valence-electron chi connectivity index (χ3n) is 2.57. The minimum Gasteiger partial charge on any atom is -0.315 e. The number of hydrogen-bond acceptors (Lipinski definition) is 4. The summed E-state index contributed by atoms with van der Waals surface area (Å²) >= 11 is 7.14. The number of nitrogens with zero attached hydrogens (tertiary/aromatic N) is 1. The van der Waals surface area contributed by atoms with Crippen molar-refractivity contribution in [3.8, 4) is 0 Å². The summed E-state index contributed by atoms with van der Waals surface area (Å²) in [5.41, 5.74) is 1.38. The van der Waals surface area contributed by atoms with Crippen molar-refractivity contribution >= 4 is 38.6 Å². The van der Waals surface area contributed by atoms with Crippen LogP contribution >= 0.6 is 38.6 Å². The van der Waals surface area contributed by atoms with E-state index in [0.717, 1.165) is 19.6 Å². The minimum absolute atomic E-state index is 0.964. The molecule has 0 aromatic carbocycles. The largest absolute Gasteiger partial charge is 0.315 e. The lowest BCUT2D eigenvalue weighted by molar-refractivity contribution is 0.322. The molecule has 0 saturated carbocycles. The Morgan fingerprint density at radius 3 is 2.72 bits per heavy atom. The van der Waals surface area contributed by atoms with E-state index >= 15 is 0 Å². The molecule has 0 spiro atoms. The van der Waals surface area contributed by atoms with Crippen LogP contribution < -0.4 is 5.32 Å². The molecule has 0 fully saturated rings. The molecule has 5 heteroatoms. The second kappa shape index (κ2) is 6.82. The molecule has 0 aliphatic heterocycles. The van der Waals surface area contributed by atoms with E-state index in [2.05, 4.69) is 56.8 Å². The van der Waals surface area contributed by atoms with E-state index < -0.39 is 0 Å². The highest BCUT2D eigenvalue weighted by atomic mass is 79.9. The average molecular weight is 345 g/mol. The fourth-order valence-corrected chi connectivity index (χ4v) is 4.15. The lowest BCUT2D eigenvalue weighted by Gasteiger charge is -2.14. The Labute approximate surface area is 125 Å². The Kier molecular flexibility index (Phi) is 5.38. The third kappa shape index (κ3) is 4.17. The minimum atomic E-state index is 0.964. The lowest BCUT2D eigenvalue weighted by atomic mass is 10.3. The average Bonchev–Trinajstić information content (AvgIpc) is 2.89. The zero-order chi connectivity index (χ0) is 13.0. The molecule has 98 valence electrons. The van der Waals surface area contributed by atoms with Crippen LogP contribution in [0.5, 0.6) is 0 Å². The van der Waals surface area contributed by atoms with Crippen LogP contribution in [0.15, 0.2) is 27.4 Å². The Morgan fingerprint density at radius 1 is 1.28 bits per heavy atom. The van der Waals surface area contributed by atoms with Crippen LogP contribution in [0.1, 0.15) is 15.3 Å². The van der Waals surface area contributed by atoms with Gasteiger partial charge in [0.25, 0.3) is 0 Å². The van der Waals surface area contributed by atoms with Crippen LogP contribution in [0.3, 0.4) is 0 Å². The van der Waals surface area contributed by atoms with Crippen LogP contribution in [0.4, 0.5) is 0 Å². The summed E-state index contributed by atoms with van der Waals surface area (Å²) < 4.78 is 1.21. The Bertz CT molecular complexity index is 493. The monoisotopic (exact) mass is 344 g/mol. The molecule has 2 aromatic heterocycles. The summed E-state index contributed by atoms with van der Waals surface area (Å²) in [6.45, 7) is 2.98. The van der Waals surface area contributed by atoms with Crippen molar-refractivity contribution in [3.63, 3.8) is 0 Å². The number of halogens is 1. The fourth-order valence-electron chi connectivity index (χ4n) is 1.84. The van der Waals surface area contributed by atoms with Crippen LogP contribution in [-0.4, -0.2) is 19.0 Å². The molecule has 0 aliphatic rings. The quantitative estimate of drug-likeness (QED) is 0.854. The summed E-state index contributed by atoms with van der Waals surface area (Å²) in [4.78, 5) is 5.18. The highest BCUT2D eigenvalue weighted by molar-refractivity contribution is 9.11. The first-order valence-corrected chi connectivity index (χ1v) is 8.30. The molecule has 0 saturated heterocycles. The van der Waals surface area contributed by atoms with Crippen molar-refractivity contribution in [1.82, 2.24) is 10.2 Å². The zero-order valence-corrected chi connectivity index (χ0v) is 13.8. The molecule has 0 unspecified atom stereocenters. The van der Waals surface area contributed by atoms with Crippen LogP contribution in [0, 0.1) is 0 Å². The number of rotatable bonds is 6. The second-order valence-corrected chi connectivity index (χ2v) is 7.87. The Morgan fingerprint density at radius 2 is 2.06 bits per heavy atom. The van der Waals surface area contributed by atoms with Crippen molar-refractivity contribution in [2.24, 2.45) is 0 Å². The van der Waals surface area contributed by atoms with Crippen LogP contribution in [0.2, 0.25) is 0 Å². The molecule has 1 N–H and O–H groups in total. The molecular weight excluding hydrogens is 328 g/mol. The van der Waals surface area contributed by atoms with E-state index in [-0.39, 0.29) is 0 Å². The lowest BCUT2D eigenvalue weighted by Crippen LogP contribution is -2.15. The van der Waals surface area contributed by atoms with Crippen LogP contribution in [-0.2, 0) is 19.6 Å². The van der Waals surface area contributed by atoms with E-state index in [4.69, 9.17) is 0 Å². The van der Waals surface area contributed by atoms with Gasteiger partial charge in [0.15, 0.2) is 0 Å². The Balaban J connectivity index is 1.88. The van der Waals surface area contributed by atoms with E-state index in [1.54, 1.807) is 11.3 Å². The van der Waals surface area contributed by atoms with Gasteiger partial charge in [-0.1, -0.05) is 0 Å². The highest BCUT2D eigenvalue weighted by Gasteiger charge is 2.06. The molecule has 2 aromatic rings. The number of thiophene rings is 2. The van der Waals surface area contributed by atoms with Gasteiger partial charge in [0.2, 0.25) is 0 Å². The van der Waals surface area contributed by atoms with Gasteiger partial charge in [-0.2, -0.15) is 0 Å². The summed E-state index contributed by atoms with van der Waals surface area (Å²) in [6.07, 6.45) is 0. The van der Waals surface area contributed by atoms with Crippen molar-refractivity contribution in [1.29, 1.82) is 0 Å². The number of hydrogen-bond donors (Lipinski definition) is 1. The molecule has 0 amide bonds. The first-order chi connectivity index (χ1) is 8.67. The predicted molar refractivity (Wildman–Crippen MR) is 84.3 cm³/mol. The van der Waals surface area contributed by atoms with Crippen molar-refractivity contribution in [3.05, 3.63) is 42.7 Å². The molecule has 0 radical (unpaired) electrons. The summed E-state index contributed by atoms with van der Waals surface area (Å²) in [5.74, 6) is 0.